The van der Waals surface area contributed by atoms with Crippen molar-refractivity contribution in [3.8, 4) is 6.07 Å². The Morgan fingerprint density at radius 3 is 2.54 bits per heavy atom. The van der Waals surface area contributed by atoms with E-state index in [1.165, 1.54) is 19.3 Å². The van der Waals surface area contributed by atoms with Crippen LogP contribution in [0.1, 0.15) is 62.8 Å². The summed E-state index contributed by atoms with van der Waals surface area (Å²) >= 11 is 0. The standard InChI is InChI=1S/C19H28N6O/c20-15-19(7-2-3-8-19)18(26)24-11-6-12-25-17(14-24)16(21-22-25)13-23-9-4-1-5-10-23/h1-14H2. The van der Waals surface area contributed by atoms with Crippen LogP contribution in [0.4, 0.5) is 0 Å². The molecule has 0 unspecified atom stereocenters. The summed E-state index contributed by atoms with van der Waals surface area (Å²) in [5.74, 6) is 0.0241. The summed E-state index contributed by atoms with van der Waals surface area (Å²) in [6, 6.07) is 2.36. The van der Waals surface area contributed by atoms with Gasteiger partial charge in [0, 0.05) is 19.6 Å². The minimum Gasteiger partial charge on any atom is -0.335 e. The second-order valence-corrected chi connectivity index (χ2v) is 8.02. The number of carbonyl (C=O) groups excluding carboxylic acids is 1. The van der Waals surface area contributed by atoms with E-state index in [9.17, 15) is 10.1 Å². The number of amides is 1. The molecule has 26 heavy (non-hydrogen) atoms. The van der Waals surface area contributed by atoms with E-state index in [4.69, 9.17) is 0 Å². The molecular weight excluding hydrogens is 328 g/mol. The minimum atomic E-state index is -0.796. The third-order valence-corrected chi connectivity index (χ3v) is 6.25. The number of hydrogen-bond acceptors (Lipinski definition) is 5. The average Bonchev–Trinajstić information content (AvgIpc) is 3.24. The fraction of sp³-hybridized carbons (Fsp3) is 0.789. The molecule has 1 amide bonds. The number of nitrogens with zero attached hydrogens (tertiary/aromatic N) is 6. The molecule has 2 aliphatic heterocycles. The van der Waals surface area contributed by atoms with Crippen LogP contribution in [0.15, 0.2) is 0 Å². The van der Waals surface area contributed by atoms with Crippen molar-refractivity contribution in [2.45, 2.75) is 71.0 Å². The van der Waals surface area contributed by atoms with Crippen LogP contribution in [0.5, 0.6) is 0 Å². The van der Waals surface area contributed by atoms with Crippen molar-refractivity contribution in [2.24, 2.45) is 5.41 Å². The number of rotatable bonds is 3. The summed E-state index contributed by atoms with van der Waals surface area (Å²) in [6.45, 7) is 5.10. The zero-order chi connectivity index (χ0) is 18.0. The van der Waals surface area contributed by atoms with E-state index in [1.807, 2.05) is 9.58 Å². The average molecular weight is 356 g/mol. The van der Waals surface area contributed by atoms with E-state index in [2.05, 4.69) is 21.3 Å². The Labute approximate surface area is 154 Å². The molecule has 1 saturated carbocycles. The lowest BCUT2D eigenvalue weighted by Crippen LogP contribution is -2.42. The van der Waals surface area contributed by atoms with Gasteiger partial charge in [0.25, 0.3) is 0 Å². The van der Waals surface area contributed by atoms with Gasteiger partial charge in [-0.25, -0.2) is 4.68 Å². The molecule has 3 aliphatic rings. The molecule has 3 heterocycles. The zero-order valence-corrected chi connectivity index (χ0v) is 15.5. The Kier molecular flexibility index (Phi) is 4.94. The van der Waals surface area contributed by atoms with Gasteiger partial charge in [0.15, 0.2) is 0 Å². The number of fused-ring (bicyclic) bond motifs is 1. The van der Waals surface area contributed by atoms with Crippen molar-refractivity contribution in [3.05, 3.63) is 11.4 Å². The van der Waals surface area contributed by atoms with E-state index in [-0.39, 0.29) is 5.91 Å². The van der Waals surface area contributed by atoms with Crippen molar-refractivity contribution < 1.29 is 4.79 Å². The second-order valence-electron chi connectivity index (χ2n) is 8.02. The largest absolute Gasteiger partial charge is 0.335 e. The van der Waals surface area contributed by atoms with Gasteiger partial charge in [-0.3, -0.25) is 9.69 Å². The summed E-state index contributed by atoms with van der Waals surface area (Å²) in [4.78, 5) is 17.5. The highest BCUT2D eigenvalue weighted by Gasteiger charge is 2.44. The van der Waals surface area contributed by atoms with Crippen LogP contribution in [-0.4, -0.2) is 50.3 Å². The Morgan fingerprint density at radius 2 is 1.81 bits per heavy atom. The van der Waals surface area contributed by atoms with Crippen LogP contribution in [-0.2, 0) is 24.4 Å². The third kappa shape index (κ3) is 3.23. The molecule has 0 bridgehead atoms. The Morgan fingerprint density at radius 1 is 1.04 bits per heavy atom. The smallest absolute Gasteiger partial charge is 0.243 e. The molecule has 1 aliphatic carbocycles. The molecular formula is C19H28N6O. The molecule has 7 nitrogen and oxygen atoms in total. The van der Waals surface area contributed by atoms with Crippen molar-refractivity contribution in [1.82, 2.24) is 24.8 Å². The highest BCUT2D eigenvalue weighted by atomic mass is 16.2. The molecule has 0 atom stereocenters. The lowest BCUT2D eigenvalue weighted by molar-refractivity contribution is -0.139. The first-order chi connectivity index (χ1) is 12.7. The van der Waals surface area contributed by atoms with Gasteiger partial charge in [-0.15, -0.1) is 5.10 Å². The Hall–Kier alpha value is -1.94. The van der Waals surface area contributed by atoms with Gasteiger partial charge in [0.2, 0.25) is 5.91 Å². The van der Waals surface area contributed by atoms with Crippen molar-refractivity contribution >= 4 is 5.91 Å². The van der Waals surface area contributed by atoms with E-state index in [0.717, 1.165) is 56.8 Å². The summed E-state index contributed by atoms with van der Waals surface area (Å²) in [5.41, 5.74) is 1.27. The molecule has 0 aromatic carbocycles. The lowest BCUT2D eigenvalue weighted by atomic mass is 9.86. The number of carbonyl (C=O) groups is 1. The van der Waals surface area contributed by atoms with Crippen LogP contribution in [0.2, 0.25) is 0 Å². The second kappa shape index (κ2) is 7.36. The molecule has 1 saturated heterocycles. The number of piperidine rings is 1. The quantitative estimate of drug-likeness (QED) is 0.828. The predicted molar refractivity (Wildman–Crippen MR) is 95.7 cm³/mol. The van der Waals surface area contributed by atoms with Gasteiger partial charge in [0.1, 0.15) is 11.1 Å². The lowest BCUT2D eigenvalue weighted by Gasteiger charge is -2.29. The maximum Gasteiger partial charge on any atom is 0.243 e. The molecule has 0 spiro atoms. The maximum absolute atomic E-state index is 13.2. The number of likely N-dealkylation sites (tertiary alicyclic amines) is 1. The maximum atomic E-state index is 13.2. The Balaban J connectivity index is 1.53. The van der Waals surface area contributed by atoms with E-state index < -0.39 is 5.41 Å². The van der Waals surface area contributed by atoms with E-state index >= 15 is 0 Å². The molecule has 0 radical (unpaired) electrons. The van der Waals surface area contributed by atoms with Crippen molar-refractivity contribution in [3.63, 3.8) is 0 Å². The van der Waals surface area contributed by atoms with Gasteiger partial charge < -0.3 is 4.90 Å². The van der Waals surface area contributed by atoms with Crippen LogP contribution in [0, 0.1) is 16.7 Å². The van der Waals surface area contributed by atoms with E-state index in [1.54, 1.807) is 0 Å². The van der Waals surface area contributed by atoms with Crippen molar-refractivity contribution in [2.75, 3.05) is 19.6 Å². The highest BCUT2D eigenvalue weighted by molar-refractivity contribution is 5.85. The fourth-order valence-corrected chi connectivity index (χ4v) is 4.67. The van der Waals surface area contributed by atoms with Gasteiger partial charge >= 0.3 is 0 Å². The van der Waals surface area contributed by atoms with Gasteiger partial charge in [-0.05, 0) is 45.2 Å². The van der Waals surface area contributed by atoms with Crippen LogP contribution >= 0.6 is 0 Å². The molecule has 2 fully saturated rings. The molecule has 0 N–H and O–H groups in total. The van der Waals surface area contributed by atoms with Crippen LogP contribution < -0.4 is 0 Å². The van der Waals surface area contributed by atoms with E-state index in [0.29, 0.717) is 25.9 Å². The third-order valence-electron chi connectivity index (χ3n) is 6.25. The monoisotopic (exact) mass is 356 g/mol. The number of hydrogen-bond donors (Lipinski definition) is 0. The topological polar surface area (TPSA) is 78.0 Å². The van der Waals surface area contributed by atoms with Gasteiger partial charge in [-0.2, -0.15) is 5.26 Å². The first kappa shape index (κ1) is 17.5. The first-order valence-electron chi connectivity index (χ1n) is 10.1. The van der Waals surface area contributed by atoms with Crippen LogP contribution in [0.25, 0.3) is 0 Å². The Bertz CT molecular complexity index is 693. The summed E-state index contributed by atoms with van der Waals surface area (Å²) in [6.07, 6.45) is 8.05. The summed E-state index contributed by atoms with van der Waals surface area (Å²) in [7, 11) is 0. The van der Waals surface area contributed by atoms with Crippen molar-refractivity contribution in [1.29, 1.82) is 5.26 Å². The highest BCUT2D eigenvalue weighted by Crippen LogP contribution is 2.39. The molecule has 140 valence electrons. The zero-order valence-electron chi connectivity index (χ0n) is 15.5. The SMILES string of the molecule is N#CC1(C(=O)N2CCCn3nnc(CN4CCCCC4)c3C2)CCCC1. The minimum absolute atomic E-state index is 0.0241. The summed E-state index contributed by atoms with van der Waals surface area (Å²) in [5, 5.41) is 18.5. The van der Waals surface area contributed by atoms with Crippen LogP contribution in [0.3, 0.4) is 0 Å². The summed E-state index contributed by atoms with van der Waals surface area (Å²) < 4.78 is 1.97. The number of aromatic nitrogens is 3. The molecule has 7 heteroatoms. The molecule has 1 aromatic rings. The number of nitriles is 1. The molecule has 1 aromatic heterocycles. The fourth-order valence-electron chi connectivity index (χ4n) is 4.67. The van der Waals surface area contributed by atoms with Gasteiger partial charge in [-0.1, -0.05) is 24.5 Å². The first-order valence-corrected chi connectivity index (χ1v) is 10.1. The molecule has 4 rings (SSSR count). The number of aryl methyl sites for hydroxylation is 1. The predicted octanol–water partition coefficient (Wildman–Crippen LogP) is 2.08. The van der Waals surface area contributed by atoms with Gasteiger partial charge in [0.05, 0.1) is 18.3 Å². The normalized spacial score (nSPS) is 23.3.